The van der Waals surface area contributed by atoms with Gasteiger partial charge in [0.15, 0.2) is 0 Å². The van der Waals surface area contributed by atoms with Crippen LogP contribution in [0.2, 0.25) is 0 Å². The molecule has 0 bridgehead atoms. The molecule has 0 aliphatic rings. The van der Waals surface area contributed by atoms with Crippen molar-refractivity contribution >= 4 is 24.0 Å². The summed E-state index contributed by atoms with van der Waals surface area (Å²) in [6.07, 6.45) is -4.51. The molecule has 2 aromatic rings. The van der Waals surface area contributed by atoms with Crippen molar-refractivity contribution in [3.63, 3.8) is 0 Å². The highest BCUT2D eigenvalue weighted by molar-refractivity contribution is 6.03. The number of rotatable bonds is 3. The zero-order valence-corrected chi connectivity index (χ0v) is 13.3. The number of anilines is 1. The predicted molar refractivity (Wildman–Crippen MR) is 82.5 cm³/mol. The van der Waals surface area contributed by atoms with Gasteiger partial charge in [-0.05, 0) is 36.8 Å². The summed E-state index contributed by atoms with van der Waals surface area (Å²) >= 11 is 0. The topological polar surface area (TPSA) is 72.9 Å². The van der Waals surface area contributed by atoms with E-state index in [1.807, 2.05) is 0 Å². The van der Waals surface area contributed by atoms with Crippen LogP contribution in [0.25, 0.3) is 0 Å². The molecular formula is C14H16ClF3N4O. The van der Waals surface area contributed by atoms with Gasteiger partial charge in [-0.25, -0.2) is 0 Å². The van der Waals surface area contributed by atoms with Crippen LogP contribution in [-0.2, 0) is 19.8 Å². The van der Waals surface area contributed by atoms with Crippen molar-refractivity contribution in [3.05, 3.63) is 46.8 Å². The molecule has 1 aromatic heterocycles. The van der Waals surface area contributed by atoms with E-state index in [1.54, 1.807) is 20.0 Å². The van der Waals surface area contributed by atoms with Gasteiger partial charge in [0.2, 0.25) is 0 Å². The Morgan fingerprint density at radius 3 is 2.43 bits per heavy atom. The molecule has 0 saturated carbocycles. The van der Waals surface area contributed by atoms with Crippen molar-refractivity contribution in [2.24, 2.45) is 12.8 Å². The maximum atomic E-state index is 12.8. The van der Waals surface area contributed by atoms with E-state index in [0.29, 0.717) is 5.69 Å². The average Bonchev–Trinajstić information content (AvgIpc) is 2.76. The Labute approximate surface area is 137 Å². The highest BCUT2D eigenvalue weighted by Gasteiger charge is 2.31. The van der Waals surface area contributed by atoms with Crippen LogP contribution in [0.1, 0.15) is 27.3 Å². The summed E-state index contributed by atoms with van der Waals surface area (Å²) in [6, 6.07) is 4.80. The first-order valence-corrected chi connectivity index (χ1v) is 6.44. The summed E-state index contributed by atoms with van der Waals surface area (Å²) in [5, 5.41) is 6.46. The molecule has 9 heteroatoms. The van der Waals surface area contributed by atoms with Crippen LogP contribution in [0.5, 0.6) is 0 Å². The third kappa shape index (κ3) is 4.46. The summed E-state index contributed by atoms with van der Waals surface area (Å²) in [4.78, 5) is 12.1. The summed E-state index contributed by atoms with van der Waals surface area (Å²) < 4.78 is 39.9. The molecule has 1 heterocycles. The molecule has 0 atom stereocenters. The van der Waals surface area contributed by atoms with E-state index in [-0.39, 0.29) is 35.9 Å². The fourth-order valence-electron chi connectivity index (χ4n) is 2.06. The number of aryl methyl sites for hydroxylation is 2. The predicted octanol–water partition coefficient (Wildman–Crippen LogP) is 2.88. The Kier molecular flexibility index (Phi) is 5.79. The first kappa shape index (κ1) is 19.0. The monoisotopic (exact) mass is 348 g/mol. The lowest BCUT2D eigenvalue weighted by Gasteiger charge is -2.12. The summed E-state index contributed by atoms with van der Waals surface area (Å²) in [6.45, 7) is 1.66. The molecule has 0 radical (unpaired) electrons. The molecule has 126 valence electrons. The maximum absolute atomic E-state index is 12.8. The summed E-state index contributed by atoms with van der Waals surface area (Å²) in [7, 11) is 1.58. The first-order valence-electron chi connectivity index (χ1n) is 6.44. The first-order chi connectivity index (χ1) is 10.2. The van der Waals surface area contributed by atoms with Crippen LogP contribution in [-0.4, -0.2) is 15.7 Å². The van der Waals surface area contributed by atoms with Gasteiger partial charge in [-0.1, -0.05) is 0 Å². The second-order valence-corrected chi connectivity index (χ2v) is 4.87. The van der Waals surface area contributed by atoms with E-state index in [0.717, 1.165) is 12.1 Å². The fourth-order valence-corrected chi connectivity index (χ4v) is 2.06. The quantitative estimate of drug-likeness (QED) is 0.895. The number of aromatic nitrogens is 2. The second kappa shape index (κ2) is 7.01. The molecule has 2 rings (SSSR count). The smallest absolute Gasteiger partial charge is 0.326 e. The number of halogens is 4. The van der Waals surface area contributed by atoms with Gasteiger partial charge >= 0.3 is 6.18 Å². The van der Waals surface area contributed by atoms with E-state index >= 15 is 0 Å². The fraction of sp³-hybridized carbons (Fsp3) is 0.286. The van der Waals surface area contributed by atoms with Gasteiger partial charge in [-0.15, -0.1) is 12.4 Å². The molecule has 0 unspecified atom stereocenters. The number of hydrogen-bond donors (Lipinski definition) is 2. The van der Waals surface area contributed by atoms with E-state index in [1.165, 1.54) is 10.7 Å². The molecule has 5 nitrogen and oxygen atoms in total. The molecule has 0 aliphatic heterocycles. The lowest BCUT2D eigenvalue weighted by Crippen LogP contribution is -2.17. The van der Waals surface area contributed by atoms with Gasteiger partial charge in [0.05, 0.1) is 11.3 Å². The number of nitrogens with two attached hydrogens (primary N) is 1. The SMILES string of the molecule is Cc1cc(C(=O)Nc2cc(CN)cc(C(F)(F)F)c2)n(C)n1.Cl. The number of amides is 1. The minimum Gasteiger partial charge on any atom is -0.326 e. The molecule has 0 spiro atoms. The molecule has 0 aliphatic carbocycles. The highest BCUT2D eigenvalue weighted by atomic mass is 35.5. The highest BCUT2D eigenvalue weighted by Crippen LogP contribution is 2.32. The number of alkyl halides is 3. The van der Waals surface area contributed by atoms with E-state index in [9.17, 15) is 18.0 Å². The number of benzene rings is 1. The normalized spacial score (nSPS) is 11.0. The summed E-state index contributed by atoms with van der Waals surface area (Å²) in [5.41, 5.74) is 5.77. The van der Waals surface area contributed by atoms with Gasteiger partial charge in [0.1, 0.15) is 5.69 Å². The number of nitrogens with one attached hydrogen (secondary N) is 1. The molecular weight excluding hydrogens is 333 g/mol. The van der Waals surface area contributed by atoms with Crippen LogP contribution in [0.4, 0.5) is 18.9 Å². The lowest BCUT2D eigenvalue weighted by molar-refractivity contribution is -0.137. The molecule has 23 heavy (non-hydrogen) atoms. The third-order valence-electron chi connectivity index (χ3n) is 3.05. The zero-order chi connectivity index (χ0) is 16.5. The largest absolute Gasteiger partial charge is 0.416 e. The standard InChI is InChI=1S/C14H15F3N4O.ClH/c1-8-3-12(21(2)20-8)13(22)19-11-5-9(7-18)4-10(6-11)14(15,16)17;/h3-6H,7,18H2,1-2H3,(H,19,22);1H. The summed E-state index contributed by atoms with van der Waals surface area (Å²) in [5.74, 6) is -0.537. The number of carbonyl (C=O) groups is 1. The average molecular weight is 349 g/mol. The van der Waals surface area contributed by atoms with Crippen LogP contribution in [0.15, 0.2) is 24.3 Å². The van der Waals surface area contributed by atoms with E-state index in [2.05, 4.69) is 10.4 Å². The Hall–Kier alpha value is -2.06. The Morgan fingerprint density at radius 2 is 1.96 bits per heavy atom. The van der Waals surface area contributed by atoms with Gasteiger partial charge in [-0.2, -0.15) is 18.3 Å². The number of carbonyl (C=O) groups excluding carboxylic acids is 1. The van der Waals surface area contributed by atoms with Crippen molar-refractivity contribution < 1.29 is 18.0 Å². The van der Waals surface area contributed by atoms with E-state index in [4.69, 9.17) is 5.73 Å². The van der Waals surface area contributed by atoms with Crippen molar-refractivity contribution in [1.29, 1.82) is 0 Å². The minimum atomic E-state index is -4.51. The van der Waals surface area contributed by atoms with Gasteiger partial charge in [-0.3, -0.25) is 9.48 Å². The van der Waals surface area contributed by atoms with Gasteiger partial charge in [0.25, 0.3) is 5.91 Å². The molecule has 0 fully saturated rings. The number of nitrogens with zero attached hydrogens (tertiary/aromatic N) is 2. The van der Waals surface area contributed by atoms with Crippen molar-refractivity contribution in [2.75, 3.05) is 5.32 Å². The van der Waals surface area contributed by atoms with Gasteiger partial charge < -0.3 is 11.1 Å². The molecule has 1 amide bonds. The molecule has 3 N–H and O–H groups in total. The molecule has 1 aromatic carbocycles. The lowest BCUT2D eigenvalue weighted by atomic mass is 10.1. The van der Waals surface area contributed by atoms with Crippen molar-refractivity contribution in [2.45, 2.75) is 19.6 Å². The van der Waals surface area contributed by atoms with Crippen molar-refractivity contribution in [3.8, 4) is 0 Å². The van der Waals surface area contributed by atoms with E-state index < -0.39 is 17.6 Å². The molecule has 0 saturated heterocycles. The van der Waals surface area contributed by atoms with Crippen LogP contribution < -0.4 is 11.1 Å². The zero-order valence-electron chi connectivity index (χ0n) is 12.4. The van der Waals surface area contributed by atoms with Crippen LogP contribution >= 0.6 is 12.4 Å². The second-order valence-electron chi connectivity index (χ2n) is 4.87. The minimum absolute atomic E-state index is 0. The third-order valence-corrected chi connectivity index (χ3v) is 3.05. The van der Waals surface area contributed by atoms with Gasteiger partial charge in [0, 0.05) is 19.3 Å². The van der Waals surface area contributed by atoms with Crippen molar-refractivity contribution in [1.82, 2.24) is 9.78 Å². The Morgan fingerprint density at radius 1 is 1.30 bits per heavy atom. The Balaban J connectivity index is 0.00000264. The maximum Gasteiger partial charge on any atom is 0.416 e. The Bertz CT molecular complexity index is 713. The van der Waals surface area contributed by atoms with Crippen LogP contribution in [0, 0.1) is 6.92 Å². The van der Waals surface area contributed by atoms with Crippen LogP contribution in [0.3, 0.4) is 0 Å². The number of hydrogen-bond acceptors (Lipinski definition) is 3.